The number of amides is 1. The fraction of sp³-hybridized carbons (Fsp3) is 0.522. The zero-order valence-electron chi connectivity index (χ0n) is 17.6. The normalized spacial score (nSPS) is 27.3. The minimum Gasteiger partial charge on any atom is -0.355 e. The fourth-order valence-electron chi connectivity index (χ4n) is 5.52. The monoisotopic (exact) mass is 463 g/mol. The van der Waals surface area contributed by atoms with Crippen LogP contribution in [0, 0.1) is 5.41 Å². The summed E-state index contributed by atoms with van der Waals surface area (Å²) in [6.07, 6.45) is 11.2. The van der Waals surface area contributed by atoms with Crippen LogP contribution in [0.15, 0.2) is 48.9 Å². The molecule has 0 spiro atoms. The number of carbonyl (C=O) groups excluding carboxylic acids is 1. The summed E-state index contributed by atoms with van der Waals surface area (Å²) in [4.78, 5) is 24.4. The van der Waals surface area contributed by atoms with Crippen molar-refractivity contribution in [2.75, 3.05) is 18.0 Å². The summed E-state index contributed by atoms with van der Waals surface area (Å²) < 4.78 is 0. The lowest BCUT2D eigenvalue weighted by Gasteiger charge is -2.39. The third kappa shape index (κ3) is 4.81. The molecule has 0 radical (unpaired) electrons. The third-order valence-corrected chi connectivity index (χ3v) is 7.04. The van der Waals surface area contributed by atoms with E-state index in [9.17, 15) is 4.79 Å². The van der Waals surface area contributed by atoms with Gasteiger partial charge in [0.15, 0.2) is 0 Å². The van der Waals surface area contributed by atoms with Gasteiger partial charge in [0, 0.05) is 43.6 Å². The van der Waals surface area contributed by atoms with Gasteiger partial charge in [-0.2, -0.15) is 0 Å². The third-order valence-electron chi connectivity index (χ3n) is 7.04. The molecule has 2 bridgehead atoms. The van der Waals surface area contributed by atoms with Gasteiger partial charge in [0.1, 0.15) is 5.82 Å². The van der Waals surface area contributed by atoms with Crippen LogP contribution in [-0.2, 0) is 11.2 Å². The minimum absolute atomic E-state index is 0. The first-order valence-electron chi connectivity index (χ1n) is 10.8. The Bertz CT molecular complexity index is 848. The Labute approximate surface area is 196 Å². The number of halogens is 2. The quantitative estimate of drug-likeness (QED) is 0.712. The maximum absolute atomic E-state index is 13.6. The van der Waals surface area contributed by atoms with Gasteiger partial charge in [-0.1, -0.05) is 30.3 Å². The molecule has 3 aliphatic heterocycles. The molecule has 3 aliphatic rings. The predicted octanol–water partition coefficient (Wildman–Crippen LogP) is 3.16. The van der Waals surface area contributed by atoms with Crippen LogP contribution in [0.2, 0.25) is 0 Å². The summed E-state index contributed by atoms with van der Waals surface area (Å²) in [5, 5.41) is 7.14. The van der Waals surface area contributed by atoms with Gasteiger partial charge in [0.2, 0.25) is 5.91 Å². The molecular formula is C23H31Cl2N5O. The van der Waals surface area contributed by atoms with Crippen LogP contribution >= 0.6 is 24.8 Å². The number of hydrogen-bond donors (Lipinski definition) is 2. The molecule has 1 aromatic carbocycles. The van der Waals surface area contributed by atoms with E-state index in [4.69, 9.17) is 0 Å². The molecule has 31 heavy (non-hydrogen) atoms. The molecule has 2 aromatic rings. The second kappa shape index (κ2) is 10.2. The molecule has 0 unspecified atom stereocenters. The van der Waals surface area contributed by atoms with Crippen molar-refractivity contribution in [3.8, 4) is 0 Å². The molecule has 1 amide bonds. The van der Waals surface area contributed by atoms with Crippen LogP contribution in [-0.4, -0.2) is 47.1 Å². The number of rotatable bonds is 5. The maximum Gasteiger partial charge on any atom is 0.228 e. The van der Waals surface area contributed by atoms with E-state index >= 15 is 0 Å². The van der Waals surface area contributed by atoms with Crippen molar-refractivity contribution in [2.24, 2.45) is 5.41 Å². The minimum atomic E-state index is -0.313. The van der Waals surface area contributed by atoms with E-state index in [-0.39, 0.29) is 42.2 Å². The van der Waals surface area contributed by atoms with Crippen LogP contribution in [0.1, 0.15) is 37.7 Å². The van der Waals surface area contributed by atoms with E-state index in [2.05, 4.69) is 49.8 Å². The number of anilines is 1. The van der Waals surface area contributed by atoms with E-state index in [0.29, 0.717) is 12.1 Å². The Balaban J connectivity index is 0.00000136. The first-order chi connectivity index (χ1) is 14.2. The molecule has 3 saturated heterocycles. The van der Waals surface area contributed by atoms with Crippen molar-refractivity contribution in [2.45, 2.75) is 56.7 Å². The van der Waals surface area contributed by atoms with Gasteiger partial charge in [-0.15, -0.1) is 24.8 Å². The van der Waals surface area contributed by atoms with Gasteiger partial charge in [-0.05, 0) is 44.1 Å². The van der Waals surface area contributed by atoms with E-state index in [0.717, 1.165) is 51.0 Å². The van der Waals surface area contributed by atoms with Crippen molar-refractivity contribution in [3.63, 3.8) is 0 Å². The van der Waals surface area contributed by atoms with E-state index in [1.54, 1.807) is 12.4 Å². The van der Waals surface area contributed by atoms with Crippen LogP contribution in [0.5, 0.6) is 0 Å². The molecular weight excluding hydrogens is 433 g/mol. The SMILES string of the molecule is Cl.Cl.O=C(NC1CCN(c2cnccn2)CC1)[C@]1(Cc2ccccc2)C[C@@H]2CC[C@H]1N2. The standard InChI is InChI=1S/C23H29N5O.2ClH/c29-22(27-18-8-12-28(13-9-18)21-16-24-10-11-25-21)23(14-17-4-2-1-3-5-17)15-19-6-7-20(23)26-19;;/h1-5,10-11,16,18-20,26H,6-9,12-15H2,(H,27,29);2*1H/t19-,20+,23+;;/m0../s1. The van der Waals surface area contributed by atoms with Gasteiger partial charge in [0.25, 0.3) is 0 Å². The fourth-order valence-corrected chi connectivity index (χ4v) is 5.52. The Morgan fingerprint density at radius 2 is 1.87 bits per heavy atom. The topological polar surface area (TPSA) is 70.2 Å². The summed E-state index contributed by atoms with van der Waals surface area (Å²) in [5.74, 6) is 1.18. The average molecular weight is 464 g/mol. The molecule has 168 valence electrons. The number of aromatic nitrogens is 2. The van der Waals surface area contributed by atoms with Gasteiger partial charge in [-0.3, -0.25) is 9.78 Å². The Morgan fingerprint density at radius 3 is 2.48 bits per heavy atom. The van der Waals surface area contributed by atoms with Crippen molar-refractivity contribution >= 4 is 36.5 Å². The first-order valence-corrected chi connectivity index (χ1v) is 10.8. The lowest BCUT2D eigenvalue weighted by Crippen LogP contribution is -2.54. The highest BCUT2D eigenvalue weighted by molar-refractivity contribution is 5.86. The lowest BCUT2D eigenvalue weighted by molar-refractivity contribution is -0.133. The molecule has 3 atom stereocenters. The molecule has 1 aromatic heterocycles. The Morgan fingerprint density at radius 1 is 1.10 bits per heavy atom. The zero-order valence-corrected chi connectivity index (χ0v) is 19.2. The molecule has 4 heterocycles. The van der Waals surface area contributed by atoms with Crippen LogP contribution in [0.4, 0.5) is 5.82 Å². The highest BCUT2D eigenvalue weighted by Crippen LogP contribution is 2.46. The zero-order chi connectivity index (χ0) is 19.7. The summed E-state index contributed by atoms with van der Waals surface area (Å²) >= 11 is 0. The van der Waals surface area contributed by atoms with Gasteiger partial charge in [-0.25, -0.2) is 4.98 Å². The van der Waals surface area contributed by atoms with Crippen LogP contribution < -0.4 is 15.5 Å². The summed E-state index contributed by atoms with van der Waals surface area (Å²) in [6, 6.07) is 11.5. The largest absolute Gasteiger partial charge is 0.355 e. The number of piperidine rings is 1. The molecule has 3 fully saturated rings. The Hall–Kier alpha value is -1.89. The highest BCUT2D eigenvalue weighted by Gasteiger charge is 2.55. The second-order valence-electron chi connectivity index (χ2n) is 8.81. The van der Waals surface area contributed by atoms with Crippen molar-refractivity contribution in [3.05, 3.63) is 54.5 Å². The Kier molecular flexibility index (Phi) is 7.78. The van der Waals surface area contributed by atoms with Crippen molar-refractivity contribution < 1.29 is 4.79 Å². The van der Waals surface area contributed by atoms with Gasteiger partial charge < -0.3 is 15.5 Å². The average Bonchev–Trinajstić information content (AvgIpc) is 3.38. The van der Waals surface area contributed by atoms with Crippen LogP contribution in [0.3, 0.4) is 0 Å². The highest BCUT2D eigenvalue weighted by atomic mass is 35.5. The van der Waals surface area contributed by atoms with Gasteiger partial charge >= 0.3 is 0 Å². The van der Waals surface area contributed by atoms with E-state index in [1.807, 2.05) is 12.3 Å². The molecule has 2 N–H and O–H groups in total. The number of carbonyl (C=O) groups is 1. The number of nitrogens with one attached hydrogen (secondary N) is 2. The molecule has 6 nitrogen and oxygen atoms in total. The molecule has 0 aliphatic carbocycles. The summed E-state index contributed by atoms with van der Waals surface area (Å²) in [7, 11) is 0. The summed E-state index contributed by atoms with van der Waals surface area (Å²) in [6.45, 7) is 1.80. The maximum atomic E-state index is 13.6. The van der Waals surface area contributed by atoms with E-state index < -0.39 is 0 Å². The van der Waals surface area contributed by atoms with E-state index in [1.165, 1.54) is 12.0 Å². The first kappa shape index (κ1) is 23.8. The molecule has 5 rings (SSSR count). The smallest absolute Gasteiger partial charge is 0.228 e. The van der Waals surface area contributed by atoms with Gasteiger partial charge in [0.05, 0.1) is 11.6 Å². The number of fused-ring (bicyclic) bond motifs is 2. The van der Waals surface area contributed by atoms with Crippen LogP contribution in [0.25, 0.3) is 0 Å². The number of hydrogen-bond acceptors (Lipinski definition) is 5. The molecule has 0 saturated carbocycles. The summed E-state index contributed by atoms with van der Waals surface area (Å²) in [5.41, 5.74) is 0.946. The number of benzene rings is 1. The predicted molar refractivity (Wildman–Crippen MR) is 127 cm³/mol. The number of nitrogens with zero attached hydrogens (tertiary/aromatic N) is 3. The molecule has 8 heteroatoms. The second-order valence-corrected chi connectivity index (χ2v) is 8.81. The van der Waals surface area contributed by atoms with Crippen molar-refractivity contribution in [1.29, 1.82) is 0 Å². The van der Waals surface area contributed by atoms with Crippen molar-refractivity contribution in [1.82, 2.24) is 20.6 Å². The lowest BCUT2D eigenvalue weighted by atomic mass is 9.69.